The minimum absolute atomic E-state index is 0.0254. The zero-order valence-electron chi connectivity index (χ0n) is 11.4. The molecule has 0 bridgehead atoms. The number of nitrogens with zero attached hydrogens (tertiary/aromatic N) is 2. The first-order valence-electron chi connectivity index (χ1n) is 6.03. The number of aryl methyl sites for hydroxylation is 1. The topological polar surface area (TPSA) is 90.6 Å². The van der Waals surface area contributed by atoms with Crippen molar-refractivity contribution in [1.29, 1.82) is 5.26 Å². The Kier molecular flexibility index (Phi) is 5.54. The third-order valence-corrected chi connectivity index (χ3v) is 2.68. The first kappa shape index (κ1) is 15.5. The van der Waals surface area contributed by atoms with E-state index in [1.165, 1.54) is 24.1 Å². The fourth-order valence-corrected chi connectivity index (χ4v) is 1.47. The van der Waals surface area contributed by atoms with Gasteiger partial charge in [0, 0.05) is 13.6 Å². The second-order valence-electron chi connectivity index (χ2n) is 4.32. The Bertz CT molecular complexity index is 549. The van der Waals surface area contributed by atoms with Gasteiger partial charge >= 0.3 is 5.97 Å². The molecule has 0 heterocycles. The number of amides is 1. The number of hydrogen-bond acceptors (Lipinski definition) is 5. The fourth-order valence-electron chi connectivity index (χ4n) is 1.47. The van der Waals surface area contributed by atoms with Gasteiger partial charge in [-0.05, 0) is 19.1 Å². The van der Waals surface area contributed by atoms with Crippen LogP contribution >= 0.6 is 0 Å². The first-order valence-corrected chi connectivity index (χ1v) is 6.03. The number of phenolic OH excluding ortho intramolecular Hbond substituents is 1. The summed E-state index contributed by atoms with van der Waals surface area (Å²) in [5, 5.41) is 18.0. The maximum atomic E-state index is 11.8. The second-order valence-corrected chi connectivity index (χ2v) is 4.32. The van der Waals surface area contributed by atoms with Crippen molar-refractivity contribution in [3.63, 3.8) is 0 Å². The van der Waals surface area contributed by atoms with Crippen LogP contribution in [-0.4, -0.2) is 42.1 Å². The molecule has 1 amide bonds. The van der Waals surface area contributed by atoms with Crippen LogP contribution in [0.3, 0.4) is 0 Å². The molecule has 0 aliphatic heterocycles. The highest BCUT2D eigenvalue weighted by atomic mass is 16.5. The zero-order valence-corrected chi connectivity index (χ0v) is 11.4. The van der Waals surface area contributed by atoms with E-state index in [4.69, 9.17) is 10.00 Å². The van der Waals surface area contributed by atoms with E-state index in [2.05, 4.69) is 0 Å². The number of hydrogen-bond donors (Lipinski definition) is 1. The highest BCUT2D eigenvalue weighted by Gasteiger charge is 2.16. The smallest absolute Gasteiger partial charge is 0.342 e. The van der Waals surface area contributed by atoms with Crippen molar-refractivity contribution in [1.82, 2.24) is 4.90 Å². The van der Waals surface area contributed by atoms with E-state index in [0.29, 0.717) is 0 Å². The molecular weight excluding hydrogens is 260 g/mol. The van der Waals surface area contributed by atoms with Gasteiger partial charge in [0.2, 0.25) is 0 Å². The number of esters is 1. The van der Waals surface area contributed by atoms with E-state index in [-0.39, 0.29) is 24.3 Å². The molecule has 106 valence electrons. The Labute approximate surface area is 117 Å². The van der Waals surface area contributed by atoms with Crippen molar-refractivity contribution in [3.05, 3.63) is 29.3 Å². The molecule has 0 unspecified atom stereocenters. The second kappa shape index (κ2) is 7.14. The van der Waals surface area contributed by atoms with Gasteiger partial charge in [-0.1, -0.05) is 11.6 Å². The van der Waals surface area contributed by atoms with Gasteiger partial charge in [-0.15, -0.1) is 0 Å². The van der Waals surface area contributed by atoms with Crippen LogP contribution in [0.1, 0.15) is 22.3 Å². The quantitative estimate of drug-likeness (QED) is 0.817. The van der Waals surface area contributed by atoms with E-state index in [1.807, 2.05) is 6.07 Å². The molecular formula is C14H16N2O4. The zero-order chi connectivity index (χ0) is 15.1. The predicted molar refractivity (Wildman–Crippen MR) is 71.0 cm³/mol. The third kappa shape index (κ3) is 4.28. The standard InChI is InChI=1S/C14H16N2O4/c1-10-4-5-12(17)11(8-10)14(19)20-9-13(18)16(2)7-3-6-15/h4-5,8,17H,3,7,9H2,1-2H3. The lowest BCUT2D eigenvalue weighted by molar-refractivity contribution is -0.133. The van der Waals surface area contributed by atoms with E-state index in [1.54, 1.807) is 13.0 Å². The molecule has 0 saturated heterocycles. The number of carbonyl (C=O) groups excluding carboxylic acids is 2. The van der Waals surface area contributed by atoms with E-state index in [0.717, 1.165) is 5.56 Å². The average molecular weight is 276 g/mol. The lowest BCUT2D eigenvalue weighted by Gasteiger charge is -2.15. The van der Waals surface area contributed by atoms with Crippen LogP contribution in [0.15, 0.2) is 18.2 Å². The van der Waals surface area contributed by atoms with Crippen LogP contribution in [0.4, 0.5) is 0 Å². The largest absolute Gasteiger partial charge is 0.507 e. The minimum Gasteiger partial charge on any atom is -0.507 e. The van der Waals surface area contributed by atoms with Gasteiger partial charge in [-0.2, -0.15) is 5.26 Å². The molecule has 0 radical (unpaired) electrons. The van der Waals surface area contributed by atoms with Gasteiger partial charge < -0.3 is 14.7 Å². The van der Waals surface area contributed by atoms with Crippen molar-refractivity contribution < 1.29 is 19.4 Å². The minimum atomic E-state index is -0.756. The molecule has 0 saturated carbocycles. The molecule has 1 rings (SSSR count). The number of rotatable bonds is 5. The summed E-state index contributed by atoms with van der Waals surface area (Å²) in [6.07, 6.45) is 0.217. The Morgan fingerprint density at radius 1 is 1.45 bits per heavy atom. The highest BCUT2D eigenvalue weighted by Crippen LogP contribution is 2.19. The molecule has 0 aliphatic rings. The monoisotopic (exact) mass is 276 g/mol. The molecule has 1 N–H and O–H groups in total. The van der Waals surface area contributed by atoms with Gasteiger partial charge in [0.1, 0.15) is 11.3 Å². The molecule has 1 aromatic carbocycles. The van der Waals surface area contributed by atoms with Crippen molar-refractivity contribution >= 4 is 11.9 Å². The number of nitriles is 1. The first-order chi connectivity index (χ1) is 9.45. The molecule has 0 atom stereocenters. The van der Waals surface area contributed by atoms with E-state index >= 15 is 0 Å². The average Bonchev–Trinajstić information content (AvgIpc) is 2.44. The van der Waals surface area contributed by atoms with Crippen LogP contribution in [0, 0.1) is 18.3 Å². The molecule has 0 aliphatic carbocycles. The molecule has 1 aromatic rings. The van der Waals surface area contributed by atoms with Gasteiger partial charge in [0.25, 0.3) is 5.91 Å². The summed E-state index contributed by atoms with van der Waals surface area (Å²) in [5.41, 5.74) is 0.824. The van der Waals surface area contributed by atoms with Gasteiger partial charge in [-0.25, -0.2) is 4.79 Å². The molecule has 6 heteroatoms. The summed E-state index contributed by atoms with van der Waals surface area (Å²) < 4.78 is 4.85. The third-order valence-electron chi connectivity index (χ3n) is 2.68. The lowest BCUT2D eigenvalue weighted by atomic mass is 10.1. The number of carbonyl (C=O) groups is 2. The van der Waals surface area contributed by atoms with E-state index < -0.39 is 18.5 Å². The molecule has 0 spiro atoms. The van der Waals surface area contributed by atoms with Gasteiger partial charge in [0.15, 0.2) is 6.61 Å². The molecule has 20 heavy (non-hydrogen) atoms. The number of aromatic hydroxyl groups is 1. The van der Waals surface area contributed by atoms with Gasteiger partial charge in [-0.3, -0.25) is 4.79 Å². The van der Waals surface area contributed by atoms with Crippen molar-refractivity contribution in [2.24, 2.45) is 0 Å². The highest BCUT2D eigenvalue weighted by molar-refractivity contribution is 5.94. The Balaban J connectivity index is 2.57. The van der Waals surface area contributed by atoms with Crippen LogP contribution in [0.2, 0.25) is 0 Å². The Morgan fingerprint density at radius 3 is 2.80 bits per heavy atom. The van der Waals surface area contributed by atoms with Crippen molar-refractivity contribution in [2.45, 2.75) is 13.3 Å². The van der Waals surface area contributed by atoms with Gasteiger partial charge in [0.05, 0.1) is 12.5 Å². The lowest BCUT2D eigenvalue weighted by Crippen LogP contribution is -2.31. The summed E-state index contributed by atoms with van der Waals surface area (Å²) in [4.78, 5) is 24.7. The molecule has 0 aromatic heterocycles. The fraction of sp³-hybridized carbons (Fsp3) is 0.357. The molecule has 6 nitrogen and oxygen atoms in total. The number of benzene rings is 1. The van der Waals surface area contributed by atoms with Crippen LogP contribution in [-0.2, 0) is 9.53 Å². The Morgan fingerprint density at radius 2 is 2.15 bits per heavy atom. The molecule has 0 fully saturated rings. The Hall–Kier alpha value is -2.55. The number of likely N-dealkylation sites (N-methyl/N-ethyl adjacent to an activating group) is 1. The SMILES string of the molecule is Cc1ccc(O)c(C(=O)OCC(=O)N(C)CCC#N)c1. The van der Waals surface area contributed by atoms with E-state index in [9.17, 15) is 14.7 Å². The summed E-state index contributed by atoms with van der Waals surface area (Å²) in [7, 11) is 1.53. The van der Waals surface area contributed by atoms with Crippen LogP contribution in [0.5, 0.6) is 5.75 Å². The van der Waals surface area contributed by atoms with Crippen molar-refractivity contribution in [3.8, 4) is 11.8 Å². The van der Waals surface area contributed by atoms with Crippen molar-refractivity contribution in [2.75, 3.05) is 20.2 Å². The predicted octanol–water partition coefficient (Wildman–Crippen LogP) is 1.23. The maximum Gasteiger partial charge on any atom is 0.342 e. The number of phenols is 1. The summed E-state index contributed by atoms with van der Waals surface area (Å²) in [6, 6.07) is 6.47. The summed E-state index contributed by atoms with van der Waals surface area (Å²) in [6.45, 7) is 1.63. The normalized spacial score (nSPS) is 9.65. The maximum absolute atomic E-state index is 11.8. The summed E-state index contributed by atoms with van der Waals surface area (Å²) in [5.74, 6) is -1.35. The number of ether oxygens (including phenoxy) is 1. The van der Waals surface area contributed by atoms with Crippen LogP contribution in [0.25, 0.3) is 0 Å². The summed E-state index contributed by atoms with van der Waals surface area (Å²) >= 11 is 0. The van der Waals surface area contributed by atoms with Crippen LogP contribution < -0.4 is 0 Å².